The van der Waals surface area contributed by atoms with Crippen LogP contribution < -0.4 is 5.32 Å². The molecule has 1 amide bonds. The van der Waals surface area contributed by atoms with Crippen LogP contribution in [0.4, 0.5) is 0 Å². The molecule has 132 valence electrons. The maximum atomic E-state index is 11.4. The van der Waals surface area contributed by atoms with E-state index in [9.17, 15) is 4.79 Å². The molecule has 3 aromatic rings. The first-order chi connectivity index (χ1) is 12.7. The van der Waals surface area contributed by atoms with E-state index >= 15 is 0 Å². The zero-order chi connectivity index (χ0) is 17.9. The van der Waals surface area contributed by atoms with Gasteiger partial charge in [0.25, 0.3) is 0 Å². The predicted molar refractivity (Wildman–Crippen MR) is 93.8 cm³/mol. The quantitative estimate of drug-likeness (QED) is 0.760. The fraction of sp³-hybridized carbons (Fsp3) is 0.278. The van der Waals surface area contributed by atoms with Crippen molar-refractivity contribution in [2.24, 2.45) is 0 Å². The highest BCUT2D eigenvalue weighted by Crippen LogP contribution is 2.22. The van der Waals surface area contributed by atoms with Crippen LogP contribution in [0.1, 0.15) is 11.7 Å². The Labute approximate surface area is 150 Å². The Hall–Kier alpha value is -3.13. The fourth-order valence-electron chi connectivity index (χ4n) is 2.86. The number of amides is 1. The van der Waals surface area contributed by atoms with Gasteiger partial charge in [-0.15, -0.1) is 0 Å². The molecule has 0 atom stereocenters. The maximum Gasteiger partial charge on any atom is 0.241 e. The second-order valence-corrected chi connectivity index (χ2v) is 6.14. The van der Waals surface area contributed by atoms with Crippen molar-refractivity contribution in [2.75, 3.05) is 19.6 Å². The van der Waals surface area contributed by atoms with E-state index in [1.807, 2.05) is 42.2 Å². The number of aryl methyl sites for hydroxylation is 1. The topological polar surface area (TPSA) is 97.0 Å². The molecule has 1 aromatic carbocycles. The van der Waals surface area contributed by atoms with Gasteiger partial charge in [-0.3, -0.25) is 9.69 Å². The second-order valence-electron chi connectivity index (χ2n) is 6.14. The Morgan fingerprint density at radius 1 is 1.15 bits per heavy atom. The van der Waals surface area contributed by atoms with Crippen molar-refractivity contribution in [3.8, 4) is 22.6 Å². The summed E-state index contributed by atoms with van der Waals surface area (Å²) in [5.74, 6) is 1.80. The number of nitrogens with zero attached hydrogens (tertiary/aromatic N) is 5. The van der Waals surface area contributed by atoms with Gasteiger partial charge in [0, 0.05) is 30.4 Å². The average Bonchev–Trinajstić information content (AvgIpc) is 3.10. The minimum atomic E-state index is 0.0199. The lowest BCUT2D eigenvalue weighted by Crippen LogP contribution is -2.47. The van der Waals surface area contributed by atoms with Crippen molar-refractivity contribution in [1.29, 1.82) is 0 Å². The molecule has 3 heterocycles. The molecule has 1 aliphatic heterocycles. The van der Waals surface area contributed by atoms with E-state index in [0.29, 0.717) is 31.3 Å². The number of aromatic nitrogens is 4. The Bertz CT molecular complexity index is 921. The van der Waals surface area contributed by atoms with E-state index in [-0.39, 0.29) is 5.91 Å². The molecule has 0 bridgehead atoms. The standard InChI is InChI=1S/C18H18N6O2/c1-12-19-7-6-15(21-12)13-2-4-14(5-3-13)18-22-17(26-23-18)11-24-9-8-20-16(25)10-24/h2-7H,8-11H2,1H3,(H,20,25). The third-order valence-electron chi connectivity index (χ3n) is 4.16. The third kappa shape index (κ3) is 3.60. The van der Waals surface area contributed by atoms with Crippen LogP contribution in [0.25, 0.3) is 22.6 Å². The average molecular weight is 350 g/mol. The molecule has 0 aliphatic carbocycles. The smallest absolute Gasteiger partial charge is 0.241 e. The van der Waals surface area contributed by atoms with Crippen LogP contribution >= 0.6 is 0 Å². The Balaban J connectivity index is 1.48. The van der Waals surface area contributed by atoms with Crippen molar-refractivity contribution in [3.63, 3.8) is 0 Å². The summed E-state index contributed by atoms with van der Waals surface area (Å²) >= 11 is 0. The molecule has 1 saturated heterocycles. The summed E-state index contributed by atoms with van der Waals surface area (Å²) in [4.78, 5) is 26.4. The summed E-state index contributed by atoms with van der Waals surface area (Å²) in [6, 6.07) is 9.71. The van der Waals surface area contributed by atoms with Gasteiger partial charge in [-0.2, -0.15) is 4.98 Å². The number of benzene rings is 1. The monoisotopic (exact) mass is 350 g/mol. The van der Waals surface area contributed by atoms with Gasteiger partial charge in [-0.25, -0.2) is 9.97 Å². The fourth-order valence-corrected chi connectivity index (χ4v) is 2.86. The van der Waals surface area contributed by atoms with E-state index in [1.165, 1.54) is 0 Å². The van der Waals surface area contributed by atoms with Crippen LogP contribution in [0.2, 0.25) is 0 Å². The van der Waals surface area contributed by atoms with Crippen LogP contribution in [0.15, 0.2) is 41.1 Å². The molecule has 8 heteroatoms. The number of carbonyl (C=O) groups is 1. The molecule has 2 aromatic heterocycles. The van der Waals surface area contributed by atoms with E-state index in [0.717, 1.165) is 29.2 Å². The number of nitrogens with one attached hydrogen (secondary N) is 1. The lowest BCUT2D eigenvalue weighted by molar-refractivity contribution is -0.124. The lowest BCUT2D eigenvalue weighted by Gasteiger charge is -2.24. The van der Waals surface area contributed by atoms with Gasteiger partial charge in [0.15, 0.2) is 0 Å². The summed E-state index contributed by atoms with van der Waals surface area (Å²) < 4.78 is 5.33. The van der Waals surface area contributed by atoms with E-state index < -0.39 is 0 Å². The Kier molecular flexibility index (Phi) is 4.40. The molecule has 1 aliphatic rings. The summed E-state index contributed by atoms with van der Waals surface area (Å²) in [5, 5.41) is 6.84. The number of piperazine rings is 1. The van der Waals surface area contributed by atoms with Crippen LogP contribution in [0, 0.1) is 6.92 Å². The molecule has 1 N–H and O–H groups in total. The highest BCUT2D eigenvalue weighted by atomic mass is 16.5. The largest absolute Gasteiger partial charge is 0.354 e. The maximum absolute atomic E-state index is 11.4. The van der Waals surface area contributed by atoms with Gasteiger partial charge in [0.2, 0.25) is 17.6 Å². The highest BCUT2D eigenvalue weighted by molar-refractivity contribution is 5.78. The molecule has 0 saturated carbocycles. The molecular weight excluding hydrogens is 332 g/mol. The van der Waals surface area contributed by atoms with Gasteiger partial charge in [-0.1, -0.05) is 29.4 Å². The minimum Gasteiger partial charge on any atom is -0.354 e. The van der Waals surface area contributed by atoms with E-state index in [4.69, 9.17) is 4.52 Å². The van der Waals surface area contributed by atoms with Gasteiger partial charge in [-0.05, 0) is 13.0 Å². The van der Waals surface area contributed by atoms with Crippen LogP contribution in [0.5, 0.6) is 0 Å². The number of rotatable bonds is 4. The second kappa shape index (κ2) is 7.01. The first kappa shape index (κ1) is 16.3. The van der Waals surface area contributed by atoms with Crippen molar-refractivity contribution in [1.82, 2.24) is 30.3 Å². The van der Waals surface area contributed by atoms with Crippen molar-refractivity contribution in [3.05, 3.63) is 48.2 Å². The van der Waals surface area contributed by atoms with E-state index in [2.05, 4.69) is 25.4 Å². The van der Waals surface area contributed by atoms with Gasteiger partial charge >= 0.3 is 0 Å². The van der Waals surface area contributed by atoms with Gasteiger partial charge < -0.3 is 9.84 Å². The zero-order valence-corrected chi connectivity index (χ0v) is 14.3. The van der Waals surface area contributed by atoms with Crippen LogP contribution in [0.3, 0.4) is 0 Å². The molecule has 0 spiro atoms. The number of carbonyl (C=O) groups excluding carboxylic acids is 1. The third-order valence-corrected chi connectivity index (χ3v) is 4.16. The summed E-state index contributed by atoms with van der Waals surface area (Å²) in [6.45, 7) is 4.11. The minimum absolute atomic E-state index is 0.0199. The molecule has 26 heavy (non-hydrogen) atoms. The van der Waals surface area contributed by atoms with Gasteiger partial charge in [0.1, 0.15) is 5.82 Å². The molecule has 1 fully saturated rings. The highest BCUT2D eigenvalue weighted by Gasteiger charge is 2.19. The first-order valence-electron chi connectivity index (χ1n) is 8.39. The SMILES string of the molecule is Cc1nccc(-c2ccc(-c3noc(CN4CCNC(=O)C4)n3)cc2)n1. The Morgan fingerprint density at radius 3 is 2.73 bits per heavy atom. The molecule has 0 radical (unpaired) electrons. The van der Waals surface area contributed by atoms with Crippen molar-refractivity contribution >= 4 is 5.91 Å². The van der Waals surface area contributed by atoms with Crippen molar-refractivity contribution in [2.45, 2.75) is 13.5 Å². The molecule has 0 unspecified atom stereocenters. The van der Waals surface area contributed by atoms with Gasteiger partial charge in [0.05, 0.1) is 18.8 Å². The van der Waals surface area contributed by atoms with Crippen LogP contribution in [-0.4, -0.2) is 50.5 Å². The zero-order valence-electron chi connectivity index (χ0n) is 14.3. The summed E-state index contributed by atoms with van der Waals surface area (Å²) in [5.41, 5.74) is 2.74. The Morgan fingerprint density at radius 2 is 1.96 bits per heavy atom. The summed E-state index contributed by atoms with van der Waals surface area (Å²) in [6.07, 6.45) is 1.75. The number of hydrogen-bond acceptors (Lipinski definition) is 7. The van der Waals surface area contributed by atoms with Crippen LogP contribution in [-0.2, 0) is 11.3 Å². The number of hydrogen-bond donors (Lipinski definition) is 1. The predicted octanol–water partition coefficient (Wildman–Crippen LogP) is 1.43. The lowest BCUT2D eigenvalue weighted by atomic mass is 10.1. The molecule has 8 nitrogen and oxygen atoms in total. The normalized spacial score (nSPS) is 15.0. The molecular formula is C18H18N6O2. The summed E-state index contributed by atoms with van der Waals surface area (Å²) in [7, 11) is 0. The van der Waals surface area contributed by atoms with Crippen molar-refractivity contribution < 1.29 is 9.32 Å². The molecule has 4 rings (SSSR count). The first-order valence-corrected chi connectivity index (χ1v) is 8.39. The van der Waals surface area contributed by atoms with E-state index in [1.54, 1.807) is 6.20 Å².